The second-order valence-electron chi connectivity index (χ2n) is 2.47. The summed E-state index contributed by atoms with van der Waals surface area (Å²) in [4.78, 5) is 0. The molecule has 0 aromatic heterocycles. The maximum Gasteiger partial charge on any atom is 0.118 e. The van der Waals surface area contributed by atoms with E-state index in [1.54, 1.807) is 6.92 Å². The van der Waals surface area contributed by atoms with Crippen molar-refractivity contribution >= 4 is 11.6 Å². The third-order valence-corrected chi connectivity index (χ3v) is 2.31. The molecule has 10 heavy (non-hydrogen) atoms. The van der Waals surface area contributed by atoms with E-state index in [2.05, 4.69) is 0 Å². The monoisotopic (exact) mass is 168 g/mol. The molecule has 4 atom stereocenters. The van der Waals surface area contributed by atoms with Crippen molar-refractivity contribution in [3.63, 3.8) is 0 Å². The van der Waals surface area contributed by atoms with Crippen molar-refractivity contribution in [2.24, 2.45) is 0 Å². The van der Waals surface area contributed by atoms with Gasteiger partial charge in [-0.15, -0.1) is 11.6 Å². The molecule has 0 aliphatic carbocycles. The minimum Gasteiger partial charge on any atom is -0.389 e. The lowest BCUT2D eigenvalue weighted by Crippen LogP contribution is -2.28. The van der Waals surface area contributed by atoms with E-state index in [4.69, 9.17) is 21.4 Å². The van der Waals surface area contributed by atoms with Crippen LogP contribution in [0.2, 0.25) is 0 Å². The first kappa shape index (κ1) is 8.24. The highest BCUT2D eigenvalue weighted by molar-refractivity contribution is 6.21. The lowest BCUT2D eigenvalue weighted by Gasteiger charge is -2.08. The fourth-order valence-corrected chi connectivity index (χ4v) is 1.26. The van der Waals surface area contributed by atoms with Gasteiger partial charge in [-0.25, -0.2) is 4.39 Å². The number of ether oxygens (including phenoxy) is 1. The molecule has 0 aromatic carbocycles. The average molecular weight is 169 g/mol. The second-order valence-corrected chi connectivity index (χ2v) is 2.97. The van der Waals surface area contributed by atoms with Crippen LogP contribution >= 0.6 is 11.6 Å². The van der Waals surface area contributed by atoms with Crippen molar-refractivity contribution in [3.05, 3.63) is 0 Å². The number of halogens is 2. The van der Waals surface area contributed by atoms with E-state index in [1.165, 1.54) is 0 Å². The van der Waals surface area contributed by atoms with E-state index in [-0.39, 0.29) is 6.10 Å². The van der Waals surface area contributed by atoms with Gasteiger partial charge in [-0.3, -0.25) is 0 Å². The van der Waals surface area contributed by atoms with Crippen LogP contribution in [0.3, 0.4) is 0 Å². The number of hydrogen-bond donors (Lipinski definition) is 1. The number of rotatable bonds is 1. The highest BCUT2D eigenvalue weighted by Gasteiger charge is 2.39. The molecular formula is C6H10ClFO2. The van der Waals surface area contributed by atoms with Crippen molar-refractivity contribution in [1.29, 1.82) is 0 Å². The van der Waals surface area contributed by atoms with Crippen LogP contribution in [0.15, 0.2) is 0 Å². The third kappa shape index (κ3) is 1.26. The molecule has 1 rings (SSSR count). The van der Waals surface area contributed by atoms with E-state index in [9.17, 15) is 4.39 Å². The van der Waals surface area contributed by atoms with Crippen LogP contribution in [-0.4, -0.2) is 35.5 Å². The number of aliphatic hydroxyl groups is 1. The maximum absolute atomic E-state index is 12.0. The fourth-order valence-electron chi connectivity index (χ4n) is 1.04. The Morgan fingerprint density at radius 1 is 1.70 bits per heavy atom. The van der Waals surface area contributed by atoms with E-state index in [0.717, 1.165) is 0 Å². The molecule has 1 aliphatic heterocycles. The summed E-state index contributed by atoms with van der Waals surface area (Å²) in [6, 6.07) is 0. The molecule has 1 heterocycles. The normalized spacial score (nSPS) is 48.0. The Balaban J connectivity index is 2.53. The zero-order valence-electron chi connectivity index (χ0n) is 5.63. The van der Waals surface area contributed by atoms with Crippen molar-refractivity contribution in [1.82, 2.24) is 0 Å². The molecule has 4 heteroatoms. The molecule has 1 fully saturated rings. The summed E-state index contributed by atoms with van der Waals surface area (Å²) in [5, 5.41) is 8.66. The third-order valence-electron chi connectivity index (χ3n) is 1.70. The molecule has 0 amide bonds. The molecular weight excluding hydrogens is 159 g/mol. The number of aliphatic hydroxyl groups excluding tert-OH is 1. The molecule has 1 aliphatic rings. The van der Waals surface area contributed by atoms with Gasteiger partial charge in [-0.1, -0.05) is 0 Å². The van der Waals surface area contributed by atoms with Crippen LogP contribution in [-0.2, 0) is 4.74 Å². The Hall–Kier alpha value is 0.140. The average Bonchev–Trinajstić information content (AvgIpc) is 2.17. The maximum atomic E-state index is 12.0. The van der Waals surface area contributed by atoms with Crippen molar-refractivity contribution in [2.75, 3.05) is 6.67 Å². The predicted octanol–water partition coefficient (Wildman–Crippen LogP) is 0.711. The molecule has 1 unspecified atom stereocenters. The molecule has 0 spiro atoms. The molecule has 60 valence electrons. The fraction of sp³-hybridized carbons (Fsp3) is 1.00. The van der Waals surface area contributed by atoms with Gasteiger partial charge in [0.25, 0.3) is 0 Å². The molecule has 0 radical (unpaired) electrons. The second kappa shape index (κ2) is 3.03. The van der Waals surface area contributed by atoms with Crippen LogP contribution < -0.4 is 0 Å². The Kier molecular flexibility index (Phi) is 2.50. The van der Waals surface area contributed by atoms with Gasteiger partial charge >= 0.3 is 0 Å². The topological polar surface area (TPSA) is 29.5 Å². The summed E-state index contributed by atoms with van der Waals surface area (Å²) >= 11 is 5.64. The lowest BCUT2D eigenvalue weighted by atomic mass is 10.1. The van der Waals surface area contributed by atoms with Gasteiger partial charge in [0.1, 0.15) is 18.9 Å². The summed E-state index contributed by atoms with van der Waals surface area (Å²) in [5.74, 6) is 0. The summed E-state index contributed by atoms with van der Waals surface area (Å²) < 4.78 is 16.9. The molecule has 1 N–H and O–H groups in total. The lowest BCUT2D eigenvalue weighted by molar-refractivity contribution is 0.00206. The van der Waals surface area contributed by atoms with Crippen molar-refractivity contribution in [3.8, 4) is 0 Å². The Morgan fingerprint density at radius 3 is 2.50 bits per heavy atom. The zero-order chi connectivity index (χ0) is 7.72. The summed E-state index contributed by atoms with van der Waals surface area (Å²) in [6.45, 7) is 1.05. The van der Waals surface area contributed by atoms with Crippen molar-refractivity contribution in [2.45, 2.75) is 30.6 Å². The van der Waals surface area contributed by atoms with Crippen LogP contribution in [0.5, 0.6) is 0 Å². The SMILES string of the molecule is C[C@@H]1OC(CF)[C@@H](O)[C@H]1Cl. The van der Waals surface area contributed by atoms with Gasteiger partial charge in [-0.2, -0.15) is 0 Å². The van der Waals surface area contributed by atoms with Gasteiger partial charge in [0.05, 0.1) is 11.5 Å². The Labute approximate surface area is 63.9 Å². The smallest absolute Gasteiger partial charge is 0.118 e. The molecule has 1 saturated heterocycles. The Morgan fingerprint density at radius 2 is 2.30 bits per heavy atom. The van der Waals surface area contributed by atoms with Gasteiger partial charge in [0.2, 0.25) is 0 Å². The van der Waals surface area contributed by atoms with Crippen LogP contribution in [0.1, 0.15) is 6.92 Å². The van der Waals surface area contributed by atoms with Crippen LogP contribution in [0, 0.1) is 0 Å². The van der Waals surface area contributed by atoms with Gasteiger partial charge in [0, 0.05) is 0 Å². The largest absolute Gasteiger partial charge is 0.389 e. The van der Waals surface area contributed by atoms with Crippen LogP contribution in [0.25, 0.3) is 0 Å². The molecule has 0 aromatic rings. The summed E-state index contributed by atoms with van der Waals surface area (Å²) in [5.41, 5.74) is 0. The minimum atomic E-state index is -0.860. The highest BCUT2D eigenvalue weighted by atomic mass is 35.5. The zero-order valence-corrected chi connectivity index (χ0v) is 6.38. The first-order chi connectivity index (χ1) is 4.66. The standard InChI is InChI=1S/C6H10ClFO2/c1-3-5(7)6(9)4(2-8)10-3/h3-6,9H,2H2,1H3/t3-,4?,5-,6+/m0/s1. The highest BCUT2D eigenvalue weighted by Crippen LogP contribution is 2.25. The van der Waals surface area contributed by atoms with Gasteiger partial charge in [0.15, 0.2) is 0 Å². The number of hydrogen-bond acceptors (Lipinski definition) is 2. The molecule has 0 bridgehead atoms. The van der Waals surface area contributed by atoms with Crippen LogP contribution in [0.4, 0.5) is 4.39 Å². The summed E-state index contributed by atoms with van der Waals surface area (Å²) in [7, 11) is 0. The van der Waals surface area contributed by atoms with Gasteiger partial charge < -0.3 is 9.84 Å². The molecule has 2 nitrogen and oxygen atoms in total. The van der Waals surface area contributed by atoms with Crippen molar-refractivity contribution < 1.29 is 14.2 Å². The van der Waals surface area contributed by atoms with E-state index in [1.807, 2.05) is 0 Å². The van der Waals surface area contributed by atoms with Gasteiger partial charge in [-0.05, 0) is 6.92 Å². The first-order valence-corrected chi connectivity index (χ1v) is 3.64. The summed E-state index contributed by atoms with van der Waals surface area (Å²) in [6.07, 6.45) is -1.84. The molecule has 0 saturated carbocycles. The van der Waals surface area contributed by atoms with E-state index in [0.29, 0.717) is 0 Å². The van der Waals surface area contributed by atoms with E-state index >= 15 is 0 Å². The quantitative estimate of drug-likeness (QED) is 0.585. The first-order valence-electron chi connectivity index (χ1n) is 3.20. The predicted molar refractivity (Wildman–Crippen MR) is 36.0 cm³/mol. The Bertz CT molecular complexity index is 122. The number of alkyl halides is 2. The van der Waals surface area contributed by atoms with E-state index < -0.39 is 24.3 Å². The minimum absolute atomic E-state index is 0.252.